The highest BCUT2D eigenvalue weighted by Gasteiger charge is 2.34. The number of carbonyl (C=O) groups is 2. The van der Waals surface area contributed by atoms with Crippen molar-refractivity contribution in [3.8, 4) is 0 Å². The lowest BCUT2D eigenvalue weighted by molar-refractivity contribution is -0.114. The SMILES string of the molecule is Cc1cc(F)c(CNC(=O)c2ccc(CN3C=C4C(=O)N(c5ccc(F)c(C)c5)N=C4CC3)cc2)cc1C. The Labute approximate surface area is 220 Å². The lowest BCUT2D eigenvalue weighted by atomic mass is 10.0. The van der Waals surface area contributed by atoms with Gasteiger partial charge in [-0.15, -0.1) is 0 Å². The Morgan fingerprint density at radius 3 is 2.42 bits per heavy atom. The number of nitrogens with zero attached hydrogens (tertiary/aromatic N) is 3. The Morgan fingerprint density at radius 2 is 1.68 bits per heavy atom. The van der Waals surface area contributed by atoms with Crippen LogP contribution in [0.2, 0.25) is 0 Å². The smallest absolute Gasteiger partial charge is 0.282 e. The summed E-state index contributed by atoms with van der Waals surface area (Å²) in [5.41, 5.74) is 6.02. The van der Waals surface area contributed by atoms with E-state index in [1.165, 1.54) is 17.1 Å². The van der Waals surface area contributed by atoms with Crippen LogP contribution in [0.25, 0.3) is 0 Å². The van der Waals surface area contributed by atoms with Gasteiger partial charge in [-0.3, -0.25) is 9.59 Å². The lowest BCUT2D eigenvalue weighted by Gasteiger charge is -2.25. The first-order chi connectivity index (χ1) is 18.2. The number of halogens is 2. The molecule has 194 valence electrons. The quantitative estimate of drug-likeness (QED) is 0.485. The van der Waals surface area contributed by atoms with Crippen LogP contribution < -0.4 is 10.3 Å². The molecule has 0 aliphatic carbocycles. The van der Waals surface area contributed by atoms with Crippen molar-refractivity contribution in [3.63, 3.8) is 0 Å². The van der Waals surface area contributed by atoms with Gasteiger partial charge in [-0.25, -0.2) is 8.78 Å². The fraction of sp³-hybridized carbons (Fsp3) is 0.233. The first-order valence-corrected chi connectivity index (χ1v) is 12.5. The summed E-state index contributed by atoms with van der Waals surface area (Å²) in [7, 11) is 0. The molecular formula is C30H28F2N4O2. The maximum Gasteiger partial charge on any atom is 0.282 e. The van der Waals surface area contributed by atoms with E-state index in [9.17, 15) is 18.4 Å². The van der Waals surface area contributed by atoms with Crippen molar-refractivity contribution in [2.24, 2.45) is 5.10 Å². The molecule has 2 aliphatic rings. The summed E-state index contributed by atoms with van der Waals surface area (Å²) >= 11 is 0. The third kappa shape index (κ3) is 5.07. The lowest BCUT2D eigenvalue weighted by Crippen LogP contribution is -2.29. The number of nitrogens with one attached hydrogen (secondary N) is 1. The minimum absolute atomic E-state index is 0.112. The van der Waals surface area contributed by atoms with Crippen LogP contribution in [0.5, 0.6) is 0 Å². The molecule has 2 aliphatic heterocycles. The zero-order valence-electron chi connectivity index (χ0n) is 21.5. The molecule has 6 nitrogen and oxygen atoms in total. The molecule has 3 aromatic rings. The number of benzene rings is 3. The number of carbonyl (C=O) groups excluding carboxylic acids is 2. The Kier molecular flexibility index (Phi) is 6.80. The van der Waals surface area contributed by atoms with Crippen LogP contribution in [0.4, 0.5) is 14.5 Å². The van der Waals surface area contributed by atoms with Crippen molar-refractivity contribution < 1.29 is 18.4 Å². The Balaban J connectivity index is 1.21. The average molecular weight is 515 g/mol. The number of hydrogen-bond donors (Lipinski definition) is 1. The third-order valence-corrected chi connectivity index (χ3v) is 6.99. The molecule has 0 unspecified atom stereocenters. The molecule has 0 atom stereocenters. The first kappa shape index (κ1) is 25.3. The van der Waals surface area contributed by atoms with Gasteiger partial charge in [-0.2, -0.15) is 10.1 Å². The summed E-state index contributed by atoms with van der Waals surface area (Å²) in [5.74, 6) is -1.16. The molecule has 0 fully saturated rings. The topological polar surface area (TPSA) is 65.0 Å². The van der Waals surface area contributed by atoms with E-state index in [-0.39, 0.29) is 30.0 Å². The normalized spacial score (nSPS) is 14.8. The summed E-state index contributed by atoms with van der Waals surface area (Å²) < 4.78 is 27.9. The maximum absolute atomic E-state index is 14.2. The van der Waals surface area contributed by atoms with Gasteiger partial charge in [0.15, 0.2) is 0 Å². The van der Waals surface area contributed by atoms with Crippen LogP contribution >= 0.6 is 0 Å². The van der Waals surface area contributed by atoms with Gasteiger partial charge in [0.25, 0.3) is 11.8 Å². The number of amides is 2. The summed E-state index contributed by atoms with van der Waals surface area (Å²) in [6, 6.07) is 15.0. The van der Waals surface area contributed by atoms with Crippen LogP contribution in [0.1, 0.15) is 44.6 Å². The van der Waals surface area contributed by atoms with Crippen LogP contribution in [-0.4, -0.2) is 29.0 Å². The second-order valence-electron chi connectivity index (χ2n) is 9.77. The van der Waals surface area contributed by atoms with Crippen molar-refractivity contribution in [1.29, 1.82) is 0 Å². The van der Waals surface area contributed by atoms with Gasteiger partial charge in [0.1, 0.15) is 11.6 Å². The molecule has 0 saturated carbocycles. The standard InChI is InChI=1S/C30H28F2N4O2/c1-18-12-23(27(32)14-19(18)2)15-33-29(37)22-6-4-21(5-7-22)16-35-11-10-28-25(17-35)30(38)36(34-28)24-8-9-26(31)20(3)13-24/h4-9,12-14,17H,10-11,15-16H2,1-3H3,(H,33,37). The highest BCUT2D eigenvalue weighted by atomic mass is 19.1. The first-order valence-electron chi connectivity index (χ1n) is 12.5. The van der Waals surface area contributed by atoms with E-state index in [2.05, 4.69) is 10.4 Å². The van der Waals surface area contributed by atoms with Crippen LogP contribution in [0, 0.1) is 32.4 Å². The van der Waals surface area contributed by atoms with Crippen LogP contribution in [0.3, 0.4) is 0 Å². The number of rotatable bonds is 6. The molecule has 0 radical (unpaired) electrons. The number of aryl methyl sites for hydroxylation is 3. The Hall–Kier alpha value is -4.33. The van der Waals surface area contributed by atoms with Crippen molar-refractivity contribution in [2.45, 2.75) is 40.3 Å². The van der Waals surface area contributed by atoms with Gasteiger partial charge in [0.2, 0.25) is 0 Å². The van der Waals surface area contributed by atoms with Crippen molar-refractivity contribution in [2.75, 3.05) is 11.6 Å². The Bertz CT molecular complexity index is 1490. The largest absolute Gasteiger partial charge is 0.372 e. The summed E-state index contributed by atoms with van der Waals surface area (Å²) in [6.07, 6.45) is 2.43. The molecule has 0 spiro atoms. The molecule has 2 heterocycles. The van der Waals surface area contributed by atoms with Crippen molar-refractivity contribution >= 4 is 23.2 Å². The van der Waals surface area contributed by atoms with Gasteiger partial charge in [-0.1, -0.05) is 18.2 Å². The van der Waals surface area contributed by atoms with E-state index in [0.29, 0.717) is 47.5 Å². The zero-order chi connectivity index (χ0) is 27.0. The van der Waals surface area contributed by atoms with Gasteiger partial charge in [-0.05, 0) is 79.4 Å². The van der Waals surface area contributed by atoms with Crippen LogP contribution in [-0.2, 0) is 17.9 Å². The zero-order valence-corrected chi connectivity index (χ0v) is 21.5. The van der Waals surface area contributed by atoms with Gasteiger partial charge >= 0.3 is 0 Å². The summed E-state index contributed by atoms with van der Waals surface area (Å²) in [5, 5.41) is 8.58. The van der Waals surface area contributed by atoms with Crippen molar-refractivity contribution in [3.05, 3.63) is 111 Å². The average Bonchev–Trinajstić information content (AvgIpc) is 3.23. The molecule has 0 saturated heterocycles. The minimum atomic E-state index is -0.329. The number of hydrazone groups is 1. The Morgan fingerprint density at radius 1 is 0.947 bits per heavy atom. The van der Waals surface area contributed by atoms with E-state index < -0.39 is 0 Å². The molecule has 8 heteroatoms. The van der Waals surface area contributed by atoms with Crippen LogP contribution in [0.15, 0.2) is 71.5 Å². The maximum atomic E-state index is 14.2. The fourth-order valence-electron chi connectivity index (χ4n) is 4.58. The summed E-state index contributed by atoms with van der Waals surface area (Å²) in [4.78, 5) is 27.7. The van der Waals surface area contributed by atoms with Gasteiger partial charge < -0.3 is 10.2 Å². The van der Waals surface area contributed by atoms with Crippen molar-refractivity contribution in [1.82, 2.24) is 10.2 Å². The molecule has 0 aromatic heterocycles. The second-order valence-corrected chi connectivity index (χ2v) is 9.77. The highest BCUT2D eigenvalue weighted by molar-refractivity contribution is 6.30. The predicted octanol–water partition coefficient (Wildman–Crippen LogP) is 5.31. The molecular weight excluding hydrogens is 486 g/mol. The second kappa shape index (κ2) is 10.2. The minimum Gasteiger partial charge on any atom is -0.372 e. The monoisotopic (exact) mass is 514 g/mol. The fourth-order valence-corrected chi connectivity index (χ4v) is 4.58. The van der Waals surface area contributed by atoms with E-state index in [4.69, 9.17) is 0 Å². The third-order valence-electron chi connectivity index (χ3n) is 6.99. The number of fused-ring (bicyclic) bond motifs is 1. The molecule has 2 amide bonds. The number of anilines is 1. The molecule has 1 N–H and O–H groups in total. The molecule has 38 heavy (non-hydrogen) atoms. The van der Waals surface area contributed by atoms with Gasteiger partial charge in [0.05, 0.1) is 17.0 Å². The highest BCUT2D eigenvalue weighted by Crippen LogP contribution is 2.29. The molecule has 5 rings (SSSR count). The predicted molar refractivity (Wildman–Crippen MR) is 143 cm³/mol. The summed E-state index contributed by atoms with van der Waals surface area (Å²) in [6.45, 7) is 6.78. The van der Waals surface area contributed by atoms with E-state index in [1.807, 2.05) is 37.1 Å². The van der Waals surface area contributed by atoms with Gasteiger partial charge in [0, 0.05) is 43.4 Å². The number of hydrogen-bond acceptors (Lipinski definition) is 4. The van der Waals surface area contributed by atoms with E-state index in [1.54, 1.807) is 37.3 Å². The van der Waals surface area contributed by atoms with E-state index >= 15 is 0 Å². The van der Waals surface area contributed by atoms with E-state index in [0.717, 1.165) is 22.4 Å². The molecule has 0 bridgehead atoms. The molecule has 3 aromatic carbocycles.